The van der Waals surface area contributed by atoms with E-state index in [1.54, 1.807) is 11.8 Å². The van der Waals surface area contributed by atoms with Crippen molar-refractivity contribution >= 4 is 17.6 Å². The SMILES string of the molecule is CNc1cc(C)nc(Sc2ccc(OCC(C)C)cc2)n1. The molecule has 1 N–H and O–H groups in total. The monoisotopic (exact) mass is 303 g/mol. The van der Waals surface area contributed by atoms with Gasteiger partial charge in [-0.2, -0.15) is 0 Å². The van der Waals surface area contributed by atoms with Crippen molar-refractivity contribution in [2.75, 3.05) is 19.0 Å². The van der Waals surface area contributed by atoms with Gasteiger partial charge in [0, 0.05) is 23.7 Å². The molecule has 112 valence electrons. The number of hydrogen-bond acceptors (Lipinski definition) is 5. The van der Waals surface area contributed by atoms with E-state index in [1.807, 2.05) is 44.3 Å². The second-order valence-electron chi connectivity index (χ2n) is 5.21. The number of nitrogens with one attached hydrogen (secondary N) is 1. The van der Waals surface area contributed by atoms with Gasteiger partial charge in [-0.3, -0.25) is 0 Å². The number of anilines is 1. The van der Waals surface area contributed by atoms with Gasteiger partial charge in [0.15, 0.2) is 5.16 Å². The number of aryl methyl sites for hydroxylation is 1. The summed E-state index contributed by atoms with van der Waals surface area (Å²) in [5.74, 6) is 2.26. The summed E-state index contributed by atoms with van der Waals surface area (Å²) < 4.78 is 5.68. The van der Waals surface area contributed by atoms with Crippen LogP contribution in [0.25, 0.3) is 0 Å². The van der Waals surface area contributed by atoms with Gasteiger partial charge in [-0.1, -0.05) is 13.8 Å². The fraction of sp³-hybridized carbons (Fsp3) is 0.375. The van der Waals surface area contributed by atoms with Crippen molar-refractivity contribution in [2.24, 2.45) is 5.92 Å². The Balaban J connectivity index is 2.04. The van der Waals surface area contributed by atoms with Crippen LogP contribution in [0.5, 0.6) is 5.75 Å². The average Bonchev–Trinajstić information content (AvgIpc) is 2.46. The molecule has 0 radical (unpaired) electrons. The molecule has 2 aromatic rings. The van der Waals surface area contributed by atoms with E-state index in [0.717, 1.165) is 33.9 Å². The van der Waals surface area contributed by atoms with E-state index in [2.05, 4.69) is 29.1 Å². The smallest absolute Gasteiger partial charge is 0.194 e. The zero-order chi connectivity index (χ0) is 15.2. The Morgan fingerprint density at radius 2 is 1.90 bits per heavy atom. The highest BCUT2D eigenvalue weighted by Crippen LogP contribution is 2.27. The standard InChI is InChI=1S/C16H21N3OS/c1-11(2)10-20-13-5-7-14(8-6-13)21-16-18-12(3)9-15(17-4)19-16/h5-9,11H,10H2,1-4H3,(H,17,18,19). The van der Waals surface area contributed by atoms with E-state index in [0.29, 0.717) is 5.92 Å². The summed E-state index contributed by atoms with van der Waals surface area (Å²) in [4.78, 5) is 9.98. The van der Waals surface area contributed by atoms with Crippen LogP contribution in [0.3, 0.4) is 0 Å². The van der Waals surface area contributed by atoms with Crippen LogP contribution in [-0.4, -0.2) is 23.6 Å². The third kappa shape index (κ3) is 4.93. The third-order valence-electron chi connectivity index (χ3n) is 2.71. The fourth-order valence-corrected chi connectivity index (χ4v) is 2.50. The summed E-state index contributed by atoms with van der Waals surface area (Å²) in [6.07, 6.45) is 0. The Morgan fingerprint density at radius 1 is 1.19 bits per heavy atom. The Hall–Kier alpha value is -1.75. The molecule has 0 spiro atoms. The predicted molar refractivity (Wildman–Crippen MR) is 87.2 cm³/mol. The lowest BCUT2D eigenvalue weighted by molar-refractivity contribution is 0.271. The van der Waals surface area contributed by atoms with Gasteiger partial charge in [0.1, 0.15) is 11.6 Å². The second kappa shape index (κ2) is 7.31. The van der Waals surface area contributed by atoms with Gasteiger partial charge >= 0.3 is 0 Å². The first kappa shape index (κ1) is 15.6. The molecule has 0 saturated heterocycles. The lowest BCUT2D eigenvalue weighted by Crippen LogP contribution is -2.04. The highest BCUT2D eigenvalue weighted by molar-refractivity contribution is 7.99. The Bertz CT molecular complexity index is 585. The van der Waals surface area contributed by atoms with E-state index < -0.39 is 0 Å². The van der Waals surface area contributed by atoms with E-state index in [-0.39, 0.29) is 0 Å². The molecule has 21 heavy (non-hydrogen) atoms. The van der Waals surface area contributed by atoms with Gasteiger partial charge in [0.05, 0.1) is 6.61 Å². The number of benzene rings is 1. The number of hydrogen-bond donors (Lipinski definition) is 1. The minimum absolute atomic E-state index is 0.528. The van der Waals surface area contributed by atoms with Crippen LogP contribution in [0.15, 0.2) is 40.4 Å². The van der Waals surface area contributed by atoms with Crippen molar-refractivity contribution in [1.82, 2.24) is 9.97 Å². The summed E-state index contributed by atoms with van der Waals surface area (Å²) >= 11 is 1.55. The first-order valence-electron chi connectivity index (χ1n) is 7.01. The molecule has 0 bridgehead atoms. The molecule has 1 heterocycles. The lowest BCUT2D eigenvalue weighted by Gasteiger charge is -2.09. The molecule has 5 heteroatoms. The second-order valence-corrected chi connectivity index (χ2v) is 6.25. The van der Waals surface area contributed by atoms with E-state index >= 15 is 0 Å². The van der Waals surface area contributed by atoms with Crippen molar-refractivity contribution < 1.29 is 4.74 Å². The van der Waals surface area contributed by atoms with Gasteiger partial charge < -0.3 is 10.1 Å². The molecule has 0 aliphatic carbocycles. The summed E-state index contributed by atoms with van der Waals surface area (Å²) in [6.45, 7) is 6.98. The normalized spacial score (nSPS) is 10.7. The van der Waals surface area contributed by atoms with Crippen molar-refractivity contribution in [3.63, 3.8) is 0 Å². The van der Waals surface area contributed by atoms with Crippen LogP contribution in [-0.2, 0) is 0 Å². The van der Waals surface area contributed by atoms with Crippen molar-refractivity contribution in [2.45, 2.75) is 30.8 Å². The van der Waals surface area contributed by atoms with Gasteiger partial charge in [0.2, 0.25) is 0 Å². The third-order valence-corrected chi connectivity index (χ3v) is 3.58. The topological polar surface area (TPSA) is 47.0 Å². The molecule has 0 fully saturated rings. The molecular weight excluding hydrogens is 282 g/mol. The average molecular weight is 303 g/mol. The molecule has 0 aliphatic heterocycles. The molecule has 0 aliphatic rings. The molecule has 1 aromatic carbocycles. The van der Waals surface area contributed by atoms with E-state index in [4.69, 9.17) is 4.74 Å². The molecule has 1 aromatic heterocycles. The van der Waals surface area contributed by atoms with E-state index in [9.17, 15) is 0 Å². The van der Waals surface area contributed by atoms with Crippen LogP contribution in [0, 0.1) is 12.8 Å². The number of aromatic nitrogens is 2. The van der Waals surface area contributed by atoms with E-state index in [1.165, 1.54) is 0 Å². The molecule has 2 rings (SSSR count). The summed E-state index contributed by atoms with van der Waals surface area (Å²) in [5, 5.41) is 3.79. The van der Waals surface area contributed by atoms with Gasteiger partial charge in [-0.25, -0.2) is 9.97 Å². The highest BCUT2D eigenvalue weighted by atomic mass is 32.2. The quantitative estimate of drug-likeness (QED) is 0.817. The molecule has 4 nitrogen and oxygen atoms in total. The molecule has 0 amide bonds. The summed E-state index contributed by atoms with van der Waals surface area (Å²) in [7, 11) is 1.86. The highest BCUT2D eigenvalue weighted by Gasteiger charge is 2.04. The molecular formula is C16H21N3OS. The van der Waals surface area contributed by atoms with Gasteiger partial charge in [-0.15, -0.1) is 0 Å². The maximum Gasteiger partial charge on any atom is 0.194 e. The van der Waals surface area contributed by atoms with Crippen molar-refractivity contribution in [3.05, 3.63) is 36.0 Å². The first-order valence-corrected chi connectivity index (χ1v) is 7.82. The Labute approximate surface area is 130 Å². The first-order chi connectivity index (χ1) is 10.1. The Morgan fingerprint density at radius 3 is 2.52 bits per heavy atom. The van der Waals surface area contributed by atoms with Crippen molar-refractivity contribution in [1.29, 1.82) is 0 Å². The maximum atomic E-state index is 5.68. The number of nitrogens with zero attached hydrogens (tertiary/aromatic N) is 2. The van der Waals surface area contributed by atoms with Gasteiger partial charge in [-0.05, 0) is 48.9 Å². The summed E-state index contributed by atoms with van der Waals surface area (Å²) in [6, 6.07) is 9.96. The molecule has 0 unspecified atom stereocenters. The van der Waals surface area contributed by atoms with Crippen LogP contribution < -0.4 is 10.1 Å². The van der Waals surface area contributed by atoms with Crippen LogP contribution in [0.1, 0.15) is 19.5 Å². The largest absolute Gasteiger partial charge is 0.493 e. The minimum Gasteiger partial charge on any atom is -0.493 e. The zero-order valence-electron chi connectivity index (χ0n) is 12.9. The lowest BCUT2D eigenvalue weighted by atomic mass is 10.2. The van der Waals surface area contributed by atoms with Crippen LogP contribution in [0.2, 0.25) is 0 Å². The van der Waals surface area contributed by atoms with Crippen LogP contribution >= 0.6 is 11.8 Å². The zero-order valence-corrected chi connectivity index (χ0v) is 13.7. The number of rotatable bonds is 6. The van der Waals surface area contributed by atoms with Crippen LogP contribution in [0.4, 0.5) is 5.82 Å². The molecule has 0 atom stereocenters. The molecule has 0 saturated carbocycles. The summed E-state index contributed by atoms with van der Waals surface area (Å²) in [5.41, 5.74) is 0.953. The maximum absolute atomic E-state index is 5.68. The number of ether oxygens (including phenoxy) is 1. The predicted octanol–water partition coefficient (Wildman–Crippen LogP) is 4.01. The Kier molecular flexibility index (Phi) is 5.44. The minimum atomic E-state index is 0.528. The van der Waals surface area contributed by atoms with Crippen molar-refractivity contribution in [3.8, 4) is 5.75 Å². The fourth-order valence-electron chi connectivity index (χ4n) is 1.69. The van der Waals surface area contributed by atoms with Gasteiger partial charge in [0.25, 0.3) is 0 Å².